The molecule has 1 rings (SSSR count). The molecule has 0 saturated carbocycles. The van der Waals surface area contributed by atoms with Crippen molar-refractivity contribution in [3.8, 4) is 0 Å². The van der Waals surface area contributed by atoms with Gasteiger partial charge < -0.3 is 9.88 Å². The van der Waals surface area contributed by atoms with Gasteiger partial charge in [0.25, 0.3) is 0 Å². The molecule has 114 valence electrons. The number of amides is 1. The van der Waals surface area contributed by atoms with E-state index in [0.29, 0.717) is 0 Å². The number of nitrogens with zero attached hydrogens (tertiary/aromatic N) is 2. The van der Waals surface area contributed by atoms with Gasteiger partial charge in [-0.1, -0.05) is 34.1 Å². The minimum atomic E-state index is -0.294. The average molecular weight is 279 g/mol. The summed E-state index contributed by atoms with van der Waals surface area (Å²) in [5, 5.41) is 2.99. The second-order valence-electron chi connectivity index (χ2n) is 6.35. The van der Waals surface area contributed by atoms with Crippen molar-refractivity contribution in [2.75, 3.05) is 6.54 Å². The van der Waals surface area contributed by atoms with Gasteiger partial charge in [0.2, 0.25) is 5.91 Å². The Labute approximate surface area is 123 Å². The summed E-state index contributed by atoms with van der Waals surface area (Å²) in [5.41, 5.74) is -0.294. The van der Waals surface area contributed by atoms with E-state index in [-0.39, 0.29) is 11.3 Å². The van der Waals surface area contributed by atoms with Crippen LogP contribution in [-0.4, -0.2) is 22.0 Å². The van der Waals surface area contributed by atoms with Crippen molar-refractivity contribution in [1.82, 2.24) is 14.9 Å². The molecule has 0 aliphatic carbocycles. The minimum absolute atomic E-state index is 0.128. The molecule has 0 radical (unpaired) electrons. The molecule has 4 nitrogen and oxygen atoms in total. The Hall–Kier alpha value is -1.32. The Bertz CT molecular complexity index is 404. The number of imidazole rings is 1. The Balaban J connectivity index is 2.21. The van der Waals surface area contributed by atoms with E-state index in [1.165, 1.54) is 18.7 Å². The molecule has 0 aliphatic rings. The number of aromatic nitrogens is 2. The quantitative estimate of drug-likeness (QED) is 0.743. The largest absolute Gasteiger partial charge is 0.356 e. The highest BCUT2D eigenvalue weighted by atomic mass is 16.2. The molecule has 0 aromatic carbocycles. The van der Waals surface area contributed by atoms with Crippen LogP contribution in [0.4, 0.5) is 0 Å². The summed E-state index contributed by atoms with van der Waals surface area (Å²) in [6.07, 6.45) is 9.47. The van der Waals surface area contributed by atoms with Crippen LogP contribution in [0.15, 0.2) is 12.4 Å². The van der Waals surface area contributed by atoms with Crippen LogP contribution in [-0.2, 0) is 17.8 Å². The molecule has 0 bridgehead atoms. The number of rotatable bonds is 8. The van der Waals surface area contributed by atoms with Gasteiger partial charge in [-0.15, -0.1) is 0 Å². The Morgan fingerprint density at radius 1 is 1.30 bits per heavy atom. The molecule has 0 fully saturated rings. The SMILES string of the molecule is CCCCc1nccn1CCCCNC(=O)C(C)(C)C. The van der Waals surface area contributed by atoms with Crippen LogP contribution < -0.4 is 5.32 Å². The van der Waals surface area contributed by atoms with Gasteiger partial charge in [-0.2, -0.15) is 0 Å². The van der Waals surface area contributed by atoms with Gasteiger partial charge in [-0.3, -0.25) is 4.79 Å². The van der Waals surface area contributed by atoms with Gasteiger partial charge in [-0.05, 0) is 19.3 Å². The van der Waals surface area contributed by atoms with Crippen molar-refractivity contribution in [2.45, 2.75) is 66.3 Å². The van der Waals surface area contributed by atoms with Crippen LogP contribution in [0.3, 0.4) is 0 Å². The molecule has 1 amide bonds. The first-order chi connectivity index (χ1) is 9.45. The van der Waals surface area contributed by atoms with Gasteiger partial charge in [0.05, 0.1) is 0 Å². The molecule has 1 aromatic rings. The van der Waals surface area contributed by atoms with E-state index >= 15 is 0 Å². The third kappa shape index (κ3) is 5.76. The number of hydrogen-bond donors (Lipinski definition) is 1. The molecule has 0 atom stereocenters. The molecular weight excluding hydrogens is 250 g/mol. The number of nitrogens with one attached hydrogen (secondary N) is 1. The average Bonchev–Trinajstić information content (AvgIpc) is 2.82. The van der Waals surface area contributed by atoms with Gasteiger partial charge in [-0.25, -0.2) is 4.98 Å². The standard InChI is InChI=1S/C16H29N3O/c1-5-6-9-14-17-11-13-19(14)12-8-7-10-18-15(20)16(2,3)4/h11,13H,5-10,12H2,1-4H3,(H,18,20). The Kier molecular flexibility index (Phi) is 6.76. The summed E-state index contributed by atoms with van der Waals surface area (Å²) in [6.45, 7) is 9.76. The fourth-order valence-electron chi connectivity index (χ4n) is 1.98. The highest BCUT2D eigenvalue weighted by Crippen LogP contribution is 2.12. The topological polar surface area (TPSA) is 46.9 Å². The summed E-state index contributed by atoms with van der Waals surface area (Å²) < 4.78 is 2.24. The minimum Gasteiger partial charge on any atom is -0.356 e. The lowest BCUT2D eigenvalue weighted by Gasteiger charge is -2.17. The summed E-state index contributed by atoms with van der Waals surface area (Å²) in [5.74, 6) is 1.31. The van der Waals surface area contributed by atoms with Gasteiger partial charge in [0.15, 0.2) is 0 Å². The molecule has 4 heteroatoms. The predicted octanol–water partition coefficient (Wildman–Crippen LogP) is 3.17. The normalized spacial score (nSPS) is 11.6. The van der Waals surface area contributed by atoms with E-state index < -0.39 is 0 Å². The van der Waals surface area contributed by atoms with Crippen molar-refractivity contribution in [2.24, 2.45) is 5.41 Å². The maximum Gasteiger partial charge on any atom is 0.225 e. The van der Waals surface area contributed by atoms with Crippen LogP contribution in [0.1, 0.15) is 59.2 Å². The molecule has 0 spiro atoms. The summed E-state index contributed by atoms with van der Waals surface area (Å²) in [7, 11) is 0. The van der Waals surface area contributed by atoms with Crippen LogP contribution in [0.2, 0.25) is 0 Å². The zero-order valence-electron chi connectivity index (χ0n) is 13.4. The van der Waals surface area contributed by atoms with Crippen molar-refractivity contribution in [3.63, 3.8) is 0 Å². The Morgan fingerprint density at radius 2 is 2.05 bits per heavy atom. The number of hydrogen-bond acceptors (Lipinski definition) is 2. The molecule has 1 heterocycles. The Morgan fingerprint density at radius 3 is 2.70 bits per heavy atom. The molecule has 0 aliphatic heterocycles. The predicted molar refractivity (Wildman–Crippen MR) is 82.5 cm³/mol. The van der Waals surface area contributed by atoms with Crippen LogP contribution in [0.25, 0.3) is 0 Å². The molecule has 0 saturated heterocycles. The highest BCUT2D eigenvalue weighted by Gasteiger charge is 2.20. The first-order valence-electron chi connectivity index (χ1n) is 7.73. The molecular formula is C16H29N3O. The molecule has 0 unspecified atom stereocenters. The number of carbonyl (C=O) groups excluding carboxylic acids is 1. The van der Waals surface area contributed by atoms with Gasteiger partial charge in [0, 0.05) is 37.3 Å². The summed E-state index contributed by atoms with van der Waals surface area (Å²) >= 11 is 0. The molecule has 1 N–H and O–H groups in total. The maximum atomic E-state index is 11.7. The fourth-order valence-corrected chi connectivity index (χ4v) is 1.98. The number of aryl methyl sites for hydroxylation is 2. The van der Waals surface area contributed by atoms with Crippen LogP contribution >= 0.6 is 0 Å². The number of unbranched alkanes of at least 4 members (excludes halogenated alkanes) is 2. The summed E-state index contributed by atoms with van der Waals surface area (Å²) in [4.78, 5) is 16.1. The lowest BCUT2D eigenvalue weighted by molar-refractivity contribution is -0.128. The lowest BCUT2D eigenvalue weighted by Crippen LogP contribution is -2.35. The third-order valence-corrected chi connectivity index (χ3v) is 3.35. The maximum absolute atomic E-state index is 11.7. The fraction of sp³-hybridized carbons (Fsp3) is 0.750. The zero-order chi connectivity index (χ0) is 15.0. The first kappa shape index (κ1) is 16.7. The van der Waals surface area contributed by atoms with Crippen molar-refractivity contribution in [1.29, 1.82) is 0 Å². The zero-order valence-corrected chi connectivity index (χ0v) is 13.4. The molecule has 1 aromatic heterocycles. The molecule has 20 heavy (non-hydrogen) atoms. The van der Waals surface area contributed by atoms with E-state index in [1.54, 1.807) is 0 Å². The van der Waals surface area contributed by atoms with Crippen molar-refractivity contribution in [3.05, 3.63) is 18.2 Å². The smallest absolute Gasteiger partial charge is 0.225 e. The highest BCUT2D eigenvalue weighted by molar-refractivity contribution is 5.81. The monoisotopic (exact) mass is 279 g/mol. The third-order valence-electron chi connectivity index (χ3n) is 3.35. The van der Waals surface area contributed by atoms with E-state index in [1.807, 2.05) is 27.0 Å². The van der Waals surface area contributed by atoms with Crippen molar-refractivity contribution >= 4 is 5.91 Å². The number of carbonyl (C=O) groups is 1. The second-order valence-corrected chi connectivity index (χ2v) is 6.35. The van der Waals surface area contributed by atoms with Gasteiger partial charge in [0.1, 0.15) is 5.82 Å². The lowest BCUT2D eigenvalue weighted by atomic mass is 9.96. The van der Waals surface area contributed by atoms with Crippen LogP contribution in [0, 0.1) is 5.41 Å². The van der Waals surface area contributed by atoms with E-state index in [2.05, 4.69) is 28.0 Å². The van der Waals surface area contributed by atoms with E-state index in [0.717, 1.165) is 32.4 Å². The first-order valence-corrected chi connectivity index (χ1v) is 7.73. The van der Waals surface area contributed by atoms with Crippen LogP contribution in [0.5, 0.6) is 0 Å². The second kappa shape index (κ2) is 8.08. The van der Waals surface area contributed by atoms with E-state index in [4.69, 9.17) is 0 Å². The van der Waals surface area contributed by atoms with Crippen molar-refractivity contribution < 1.29 is 4.79 Å². The van der Waals surface area contributed by atoms with E-state index in [9.17, 15) is 4.79 Å². The summed E-state index contributed by atoms with van der Waals surface area (Å²) in [6, 6.07) is 0. The van der Waals surface area contributed by atoms with Gasteiger partial charge >= 0.3 is 0 Å².